The molecule has 2 N–H and O–H groups in total. The number of piperazine rings is 1. The predicted octanol–water partition coefficient (Wildman–Crippen LogP) is 2.03. The maximum absolute atomic E-state index is 12.8. The van der Waals surface area contributed by atoms with E-state index in [1.54, 1.807) is 19.4 Å². The Hall–Kier alpha value is -2.79. The van der Waals surface area contributed by atoms with Gasteiger partial charge in [-0.25, -0.2) is 4.98 Å². The Kier molecular flexibility index (Phi) is 5.87. The number of carbonyl (C=O) groups excluding carboxylic acids is 1. The maximum atomic E-state index is 12.8. The number of benzene rings is 1. The fourth-order valence-corrected chi connectivity index (χ4v) is 5.73. The fraction of sp³-hybridized carbons (Fsp3) is 0.520. The van der Waals surface area contributed by atoms with Gasteiger partial charge in [-0.3, -0.25) is 9.69 Å². The summed E-state index contributed by atoms with van der Waals surface area (Å²) in [4.78, 5) is 23.3. The zero-order valence-corrected chi connectivity index (χ0v) is 21.1. The van der Waals surface area contributed by atoms with Gasteiger partial charge in [0.1, 0.15) is 5.82 Å². The number of aryl methyl sites for hydroxylation is 1. The molecule has 3 fully saturated rings. The van der Waals surface area contributed by atoms with Crippen molar-refractivity contribution in [3.8, 4) is 0 Å². The SMILES string of the molecule is Cn1ncc(C2CC2C(=O)Nc2cc3cc(N4CCN(C5(C)COCC5O)CC4)c(Cl)cc3cn2)n1. The quantitative estimate of drug-likeness (QED) is 0.535. The normalized spacial score (nSPS) is 28.6. The molecule has 0 spiro atoms. The molecule has 2 aliphatic heterocycles. The molecule has 1 aromatic carbocycles. The number of rotatable bonds is 5. The van der Waals surface area contributed by atoms with Gasteiger partial charge in [0, 0.05) is 56.6 Å². The Balaban J connectivity index is 1.15. The number of aromatic nitrogens is 4. The smallest absolute Gasteiger partial charge is 0.229 e. The van der Waals surface area contributed by atoms with E-state index < -0.39 is 6.10 Å². The second-order valence-electron chi connectivity index (χ2n) is 10.3. The van der Waals surface area contributed by atoms with Crippen molar-refractivity contribution in [3.63, 3.8) is 0 Å². The molecule has 1 amide bonds. The highest BCUT2D eigenvalue weighted by molar-refractivity contribution is 6.34. The number of anilines is 2. The topological polar surface area (TPSA) is 109 Å². The summed E-state index contributed by atoms with van der Waals surface area (Å²) in [6.45, 7) is 6.24. The number of aliphatic hydroxyl groups is 1. The van der Waals surface area contributed by atoms with Gasteiger partial charge in [-0.15, -0.1) is 0 Å². The summed E-state index contributed by atoms with van der Waals surface area (Å²) in [6, 6.07) is 5.90. The second-order valence-corrected chi connectivity index (χ2v) is 10.7. The van der Waals surface area contributed by atoms with Gasteiger partial charge in [-0.1, -0.05) is 11.6 Å². The van der Waals surface area contributed by atoms with Crippen molar-refractivity contribution in [2.45, 2.75) is 30.9 Å². The van der Waals surface area contributed by atoms with Crippen molar-refractivity contribution in [3.05, 3.63) is 41.3 Å². The molecule has 36 heavy (non-hydrogen) atoms. The van der Waals surface area contributed by atoms with Gasteiger partial charge in [0.25, 0.3) is 0 Å². The molecular formula is C25H30ClN7O3. The highest BCUT2D eigenvalue weighted by Gasteiger charge is 2.46. The number of nitrogens with one attached hydrogen (secondary N) is 1. The van der Waals surface area contributed by atoms with Crippen LogP contribution in [0.3, 0.4) is 0 Å². The molecule has 3 aliphatic rings. The Bertz CT molecular complexity index is 1310. The summed E-state index contributed by atoms with van der Waals surface area (Å²) >= 11 is 6.67. The van der Waals surface area contributed by atoms with E-state index in [1.165, 1.54) is 4.80 Å². The van der Waals surface area contributed by atoms with Crippen LogP contribution in [0.2, 0.25) is 5.02 Å². The molecule has 1 saturated carbocycles. The number of aliphatic hydroxyl groups excluding tert-OH is 1. The maximum Gasteiger partial charge on any atom is 0.229 e. The van der Waals surface area contributed by atoms with E-state index in [0.717, 1.165) is 54.8 Å². The van der Waals surface area contributed by atoms with Crippen LogP contribution in [0.25, 0.3) is 10.8 Å². The van der Waals surface area contributed by atoms with Crippen LogP contribution in [0.5, 0.6) is 0 Å². The fourth-order valence-electron chi connectivity index (χ4n) is 5.44. The van der Waals surface area contributed by atoms with Gasteiger partial charge in [-0.2, -0.15) is 15.0 Å². The van der Waals surface area contributed by atoms with Gasteiger partial charge in [0.2, 0.25) is 5.91 Å². The summed E-state index contributed by atoms with van der Waals surface area (Å²) in [6.07, 6.45) is 3.77. The first-order valence-electron chi connectivity index (χ1n) is 12.3. The molecule has 2 aromatic heterocycles. The van der Waals surface area contributed by atoms with Crippen LogP contribution in [0.4, 0.5) is 11.5 Å². The molecule has 2 saturated heterocycles. The van der Waals surface area contributed by atoms with Crippen LogP contribution in [-0.2, 0) is 16.6 Å². The lowest BCUT2D eigenvalue weighted by atomic mass is 9.95. The second kappa shape index (κ2) is 8.95. The summed E-state index contributed by atoms with van der Waals surface area (Å²) < 4.78 is 5.52. The first-order valence-corrected chi connectivity index (χ1v) is 12.7. The summed E-state index contributed by atoms with van der Waals surface area (Å²) in [5.74, 6) is 0.484. The minimum absolute atomic E-state index is 0.0469. The number of hydrogen-bond acceptors (Lipinski definition) is 8. The molecular weight excluding hydrogens is 482 g/mol. The lowest BCUT2D eigenvalue weighted by Gasteiger charge is -2.45. The molecule has 4 heterocycles. The van der Waals surface area contributed by atoms with Crippen LogP contribution < -0.4 is 10.2 Å². The van der Waals surface area contributed by atoms with Crippen molar-refractivity contribution < 1.29 is 14.6 Å². The van der Waals surface area contributed by atoms with Gasteiger partial charge < -0.3 is 20.1 Å². The molecule has 190 valence electrons. The van der Waals surface area contributed by atoms with Gasteiger partial charge >= 0.3 is 0 Å². The van der Waals surface area contributed by atoms with Crippen molar-refractivity contribution in [1.29, 1.82) is 0 Å². The standard InChI is InChI=1S/C25H30ClN7O3/c1-25(14-36-13-22(25)34)33-5-3-32(4-6-33)21-8-15-9-23(27-11-16(15)7-19(21)26)29-24(35)18-10-17(18)20-12-28-31(2)30-20/h7-9,11-12,17-18,22,34H,3-6,10,13-14H2,1-2H3,(H,27,29,35). The summed E-state index contributed by atoms with van der Waals surface area (Å²) in [5, 5.41) is 24.4. The van der Waals surface area contributed by atoms with Gasteiger partial charge in [-0.05, 0) is 36.9 Å². The molecule has 6 rings (SSSR count). The van der Waals surface area contributed by atoms with Gasteiger partial charge in [0.05, 0.1) is 47.5 Å². The van der Waals surface area contributed by atoms with Crippen molar-refractivity contribution >= 4 is 39.8 Å². The molecule has 10 nitrogen and oxygen atoms in total. The first kappa shape index (κ1) is 23.6. The minimum Gasteiger partial charge on any atom is -0.389 e. The van der Waals surface area contributed by atoms with Crippen LogP contribution in [0.1, 0.15) is 25.0 Å². The number of pyridine rings is 1. The molecule has 3 aromatic rings. The molecule has 4 unspecified atom stereocenters. The molecule has 1 aliphatic carbocycles. The highest BCUT2D eigenvalue weighted by Crippen LogP contribution is 2.47. The van der Waals surface area contributed by atoms with E-state index in [9.17, 15) is 9.90 Å². The van der Waals surface area contributed by atoms with E-state index in [-0.39, 0.29) is 23.3 Å². The van der Waals surface area contributed by atoms with Crippen LogP contribution in [0.15, 0.2) is 30.6 Å². The van der Waals surface area contributed by atoms with E-state index in [4.69, 9.17) is 16.3 Å². The monoisotopic (exact) mass is 511 g/mol. The molecule has 0 radical (unpaired) electrons. The predicted molar refractivity (Wildman–Crippen MR) is 136 cm³/mol. The lowest BCUT2D eigenvalue weighted by molar-refractivity contribution is -0.117. The molecule has 11 heteroatoms. The zero-order chi connectivity index (χ0) is 25.0. The van der Waals surface area contributed by atoms with Crippen molar-refractivity contribution in [2.75, 3.05) is 49.6 Å². The Morgan fingerprint density at radius 3 is 2.69 bits per heavy atom. The van der Waals surface area contributed by atoms with Crippen molar-refractivity contribution in [1.82, 2.24) is 24.9 Å². The number of hydrogen-bond donors (Lipinski definition) is 2. The summed E-state index contributed by atoms with van der Waals surface area (Å²) in [5.41, 5.74) is 1.48. The summed E-state index contributed by atoms with van der Waals surface area (Å²) in [7, 11) is 1.77. The first-order chi connectivity index (χ1) is 17.3. The minimum atomic E-state index is -0.471. The number of ether oxygens (including phenoxy) is 1. The zero-order valence-electron chi connectivity index (χ0n) is 20.4. The van der Waals surface area contributed by atoms with E-state index >= 15 is 0 Å². The Morgan fingerprint density at radius 1 is 1.19 bits per heavy atom. The molecule has 0 bridgehead atoms. The number of fused-ring (bicyclic) bond motifs is 1. The average molecular weight is 512 g/mol. The third-order valence-electron chi connectivity index (χ3n) is 7.89. The number of amides is 1. The van der Waals surface area contributed by atoms with E-state index in [0.29, 0.717) is 24.1 Å². The Morgan fingerprint density at radius 2 is 2.00 bits per heavy atom. The number of nitrogens with zero attached hydrogens (tertiary/aromatic N) is 6. The average Bonchev–Trinajstić information content (AvgIpc) is 3.44. The molecule has 4 atom stereocenters. The number of carbonyl (C=O) groups is 1. The van der Waals surface area contributed by atoms with Crippen LogP contribution in [0, 0.1) is 5.92 Å². The highest BCUT2D eigenvalue weighted by atomic mass is 35.5. The lowest BCUT2D eigenvalue weighted by Crippen LogP contribution is -2.60. The van der Waals surface area contributed by atoms with Crippen molar-refractivity contribution in [2.24, 2.45) is 13.0 Å². The van der Waals surface area contributed by atoms with Gasteiger partial charge in [0.15, 0.2) is 0 Å². The largest absolute Gasteiger partial charge is 0.389 e. The van der Waals surface area contributed by atoms with E-state index in [1.807, 2.05) is 12.1 Å². The third kappa shape index (κ3) is 4.21. The van der Waals surface area contributed by atoms with Crippen LogP contribution >= 0.6 is 11.6 Å². The van der Waals surface area contributed by atoms with E-state index in [2.05, 4.69) is 43.3 Å². The third-order valence-corrected chi connectivity index (χ3v) is 8.20. The van der Waals surface area contributed by atoms with Crippen LogP contribution in [-0.4, -0.2) is 86.9 Å². The number of halogens is 1. The Labute approximate surface area is 214 Å².